The molecule has 122 valence electrons. The molecule has 0 aromatic heterocycles. The SMILES string of the molecule is CCN(CCNC(=O)[C@H]1CCN[C@@H](C)C1)c1cccc(C)c1. The molecule has 22 heavy (non-hydrogen) atoms. The number of nitrogens with zero attached hydrogens (tertiary/aromatic N) is 1. The molecule has 1 aromatic rings. The highest BCUT2D eigenvalue weighted by Gasteiger charge is 2.24. The summed E-state index contributed by atoms with van der Waals surface area (Å²) in [6.07, 6.45) is 1.90. The topological polar surface area (TPSA) is 44.4 Å². The number of carbonyl (C=O) groups is 1. The molecule has 1 aromatic carbocycles. The molecule has 0 bridgehead atoms. The van der Waals surface area contributed by atoms with Gasteiger partial charge in [-0.1, -0.05) is 12.1 Å². The van der Waals surface area contributed by atoms with Crippen LogP contribution >= 0.6 is 0 Å². The monoisotopic (exact) mass is 303 g/mol. The van der Waals surface area contributed by atoms with E-state index in [0.29, 0.717) is 12.6 Å². The lowest BCUT2D eigenvalue weighted by Crippen LogP contribution is -2.44. The van der Waals surface area contributed by atoms with Gasteiger partial charge in [0.2, 0.25) is 5.91 Å². The van der Waals surface area contributed by atoms with Crippen molar-refractivity contribution < 1.29 is 4.79 Å². The van der Waals surface area contributed by atoms with Crippen molar-refractivity contribution in [3.05, 3.63) is 29.8 Å². The average Bonchev–Trinajstić information content (AvgIpc) is 2.51. The standard InChI is InChI=1S/C18H29N3O/c1-4-21(17-7-5-6-14(2)12-17)11-10-20-18(22)16-8-9-19-15(3)13-16/h5-7,12,15-16,19H,4,8-11,13H2,1-3H3,(H,20,22)/t15-,16-/m0/s1. The predicted molar refractivity (Wildman–Crippen MR) is 92.3 cm³/mol. The summed E-state index contributed by atoms with van der Waals surface area (Å²) in [7, 11) is 0. The number of benzene rings is 1. The van der Waals surface area contributed by atoms with Crippen LogP contribution in [0.1, 0.15) is 32.3 Å². The highest BCUT2D eigenvalue weighted by atomic mass is 16.1. The van der Waals surface area contributed by atoms with Crippen molar-refractivity contribution in [2.75, 3.05) is 31.1 Å². The van der Waals surface area contributed by atoms with E-state index in [1.54, 1.807) is 0 Å². The maximum atomic E-state index is 12.2. The molecule has 0 saturated carbocycles. The molecule has 1 heterocycles. The third kappa shape index (κ3) is 4.73. The van der Waals surface area contributed by atoms with E-state index in [1.807, 2.05) is 0 Å². The first kappa shape index (κ1) is 16.8. The van der Waals surface area contributed by atoms with Crippen LogP contribution in [0.3, 0.4) is 0 Å². The number of carbonyl (C=O) groups excluding carboxylic acids is 1. The van der Waals surface area contributed by atoms with Crippen LogP contribution in [0.2, 0.25) is 0 Å². The van der Waals surface area contributed by atoms with Gasteiger partial charge in [-0.3, -0.25) is 4.79 Å². The van der Waals surface area contributed by atoms with Crippen LogP contribution in [0.15, 0.2) is 24.3 Å². The fourth-order valence-corrected chi connectivity index (χ4v) is 3.12. The van der Waals surface area contributed by atoms with Gasteiger partial charge >= 0.3 is 0 Å². The smallest absolute Gasteiger partial charge is 0.223 e. The number of rotatable bonds is 6. The molecule has 0 spiro atoms. The molecular formula is C18H29N3O. The van der Waals surface area contributed by atoms with Crippen LogP contribution in [0.25, 0.3) is 0 Å². The van der Waals surface area contributed by atoms with E-state index in [4.69, 9.17) is 0 Å². The number of hydrogen-bond donors (Lipinski definition) is 2. The van der Waals surface area contributed by atoms with Crippen LogP contribution in [0.5, 0.6) is 0 Å². The number of nitrogens with one attached hydrogen (secondary N) is 2. The minimum absolute atomic E-state index is 0.172. The molecule has 0 aliphatic carbocycles. The second-order valence-electron chi connectivity index (χ2n) is 6.29. The van der Waals surface area contributed by atoms with E-state index >= 15 is 0 Å². The number of aryl methyl sites for hydroxylation is 1. The summed E-state index contributed by atoms with van der Waals surface area (Å²) < 4.78 is 0. The van der Waals surface area contributed by atoms with Crippen LogP contribution in [0, 0.1) is 12.8 Å². The molecule has 2 rings (SSSR count). The van der Waals surface area contributed by atoms with Gasteiger partial charge in [-0.25, -0.2) is 0 Å². The van der Waals surface area contributed by atoms with E-state index in [1.165, 1.54) is 11.3 Å². The predicted octanol–water partition coefficient (Wildman–Crippen LogP) is 2.33. The van der Waals surface area contributed by atoms with Crippen molar-refractivity contribution in [1.29, 1.82) is 0 Å². The van der Waals surface area contributed by atoms with Gasteiger partial charge in [-0.2, -0.15) is 0 Å². The number of amides is 1. The normalized spacial score (nSPS) is 21.4. The summed E-state index contributed by atoms with van der Waals surface area (Å²) in [4.78, 5) is 14.6. The van der Waals surface area contributed by atoms with E-state index in [-0.39, 0.29) is 11.8 Å². The molecule has 2 N–H and O–H groups in total. The maximum Gasteiger partial charge on any atom is 0.223 e. The first-order valence-corrected chi connectivity index (χ1v) is 8.43. The third-order valence-electron chi connectivity index (χ3n) is 4.42. The molecule has 4 heteroatoms. The average molecular weight is 303 g/mol. The summed E-state index contributed by atoms with van der Waals surface area (Å²) in [6, 6.07) is 8.97. The summed E-state index contributed by atoms with van der Waals surface area (Å²) in [5.74, 6) is 0.388. The second kappa shape index (κ2) is 8.18. The summed E-state index contributed by atoms with van der Waals surface area (Å²) in [6.45, 7) is 9.87. The molecule has 0 unspecified atom stereocenters. The lowest BCUT2D eigenvalue weighted by molar-refractivity contribution is -0.126. The van der Waals surface area contributed by atoms with Crippen LogP contribution in [0.4, 0.5) is 5.69 Å². The Bertz CT molecular complexity index is 489. The number of likely N-dealkylation sites (N-methyl/N-ethyl adjacent to an activating group) is 1. The maximum absolute atomic E-state index is 12.2. The lowest BCUT2D eigenvalue weighted by Gasteiger charge is -2.28. The second-order valence-corrected chi connectivity index (χ2v) is 6.29. The Morgan fingerprint density at radius 2 is 2.27 bits per heavy atom. The molecule has 4 nitrogen and oxygen atoms in total. The zero-order chi connectivity index (χ0) is 15.9. The summed E-state index contributed by atoms with van der Waals surface area (Å²) >= 11 is 0. The summed E-state index contributed by atoms with van der Waals surface area (Å²) in [5, 5.41) is 6.50. The Labute approximate surface area is 134 Å². The van der Waals surface area contributed by atoms with Gasteiger partial charge in [-0.05, 0) is 57.9 Å². The molecule has 1 aliphatic rings. The Morgan fingerprint density at radius 3 is 2.95 bits per heavy atom. The van der Waals surface area contributed by atoms with E-state index in [9.17, 15) is 4.79 Å². The lowest BCUT2D eigenvalue weighted by atomic mass is 9.92. The van der Waals surface area contributed by atoms with Crippen molar-refractivity contribution >= 4 is 11.6 Å². The number of anilines is 1. The number of hydrogen-bond acceptors (Lipinski definition) is 3. The van der Waals surface area contributed by atoms with Gasteiger partial charge in [-0.15, -0.1) is 0 Å². The van der Waals surface area contributed by atoms with Crippen molar-refractivity contribution in [1.82, 2.24) is 10.6 Å². The minimum Gasteiger partial charge on any atom is -0.370 e. The highest BCUT2D eigenvalue weighted by Crippen LogP contribution is 2.17. The quantitative estimate of drug-likeness (QED) is 0.848. The van der Waals surface area contributed by atoms with Crippen LogP contribution in [-0.4, -0.2) is 38.1 Å². The molecular weight excluding hydrogens is 274 g/mol. The Balaban J connectivity index is 1.80. The summed E-state index contributed by atoms with van der Waals surface area (Å²) in [5.41, 5.74) is 2.50. The molecule has 0 radical (unpaired) electrons. The van der Waals surface area contributed by atoms with Gasteiger partial charge in [0.15, 0.2) is 0 Å². The van der Waals surface area contributed by atoms with E-state index in [0.717, 1.165) is 32.5 Å². The largest absolute Gasteiger partial charge is 0.370 e. The number of piperidine rings is 1. The highest BCUT2D eigenvalue weighted by molar-refractivity contribution is 5.78. The Hall–Kier alpha value is -1.55. The minimum atomic E-state index is 0.172. The van der Waals surface area contributed by atoms with Crippen molar-refractivity contribution in [3.8, 4) is 0 Å². The molecule has 2 atom stereocenters. The Kier molecular flexibility index (Phi) is 6.25. The van der Waals surface area contributed by atoms with E-state index in [2.05, 4.69) is 60.6 Å². The molecule has 1 aliphatic heterocycles. The first-order valence-electron chi connectivity index (χ1n) is 8.43. The van der Waals surface area contributed by atoms with Gasteiger partial charge < -0.3 is 15.5 Å². The van der Waals surface area contributed by atoms with E-state index < -0.39 is 0 Å². The third-order valence-corrected chi connectivity index (χ3v) is 4.42. The fraction of sp³-hybridized carbons (Fsp3) is 0.611. The van der Waals surface area contributed by atoms with Crippen molar-refractivity contribution in [2.24, 2.45) is 5.92 Å². The zero-order valence-electron chi connectivity index (χ0n) is 14.1. The van der Waals surface area contributed by atoms with Crippen LogP contribution < -0.4 is 15.5 Å². The van der Waals surface area contributed by atoms with Crippen LogP contribution in [-0.2, 0) is 4.79 Å². The van der Waals surface area contributed by atoms with Gasteiger partial charge in [0.1, 0.15) is 0 Å². The zero-order valence-corrected chi connectivity index (χ0v) is 14.1. The van der Waals surface area contributed by atoms with Crippen molar-refractivity contribution in [2.45, 2.75) is 39.7 Å². The van der Waals surface area contributed by atoms with Crippen molar-refractivity contribution in [3.63, 3.8) is 0 Å². The fourth-order valence-electron chi connectivity index (χ4n) is 3.12. The first-order chi connectivity index (χ1) is 10.6. The van der Waals surface area contributed by atoms with Gasteiger partial charge in [0, 0.05) is 37.3 Å². The van der Waals surface area contributed by atoms with Gasteiger partial charge in [0.05, 0.1) is 0 Å². The molecule has 1 saturated heterocycles. The molecule has 1 amide bonds. The molecule has 1 fully saturated rings. The Morgan fingerprint density at radius 1 is 1.45 bits per heavy atom. The van der Waals surface area contributed by atoms with Gasteiger partial charge in [0.25, 0.3) is 0 Å².